The van der Waals surface area contributed by atoms with Crippen molar-refractivity contribution in [1.29, 1.82) is 0 Å². The molecule has 116 valence electrons. The Labute approximate surface area is 134 Å². The molecule has 0 unspecified atom stereocenters. The molecule has 0 saturated heterocycles. The van der Waals surface area contributed by atoms with Gasteiger partial charge in [-0.2, -0.15) is 0 Å². The number of H-pyrrole nitrogens is 1. The largest absolute Gasteiger partial charge is 0.367 e. The lowest BCUT2D eigenvalue weighted by Crippen LogP contribution is -2.38. The van der Waals surface area contributed by atoms with Crippen LogP contribution in [0, 0.1) is 6.92 Å². The molecule has 0 bridgehead atoms. The standard InChI is InChI=1S/C19H20N4/c1-13-17(21-12-20-13)11-22-9-7-18-16(10-22)15-6-2-4-14-5-3-8-23(18)19(14)15/h2,4,6-7,10,12H,3,5,8-9,11H2,1H3,(H,20,21). The highest BCUT2D eigenvalue weighted by atomic mass is 15.1. The van der Waals surface area contributed by atoms with Gasteiger partial charge in [0.15, 0.2) is 0 Å². The van der Waals surface area contributed by atoms with Crippen molar-refractivity contribution in [2.24, 2.45) is 0 Å². The summed E-state index contributed by atoms with van der Waals surface area (Å²) >= 11 is 0. The van der Waals surface area contributed by atoms with Crippen molar-refractivity contribution in [2.45, 2.75) is 32.9 Å². The number of aryl methyl sites for hydroxylation is 3. The minimum atomic E-state index is 0.859. The van der Waals surface area contributed by atoms with Gasteiger partial charge in [0.25, 0.3) is 0 Å². The molecule has 1 N–H and O–H groups in total. The van der Waals surface area contributed by atoms with Crippen LogP contribution in [-0.4, -0.2) is 26.0 Å². The second-order valence-corrected chi connectivity index (χ2v) is 6.60. The van der Waals surface area contributed by atoms with Crippen LogP contribution in [0.5, 0.6) is 0 Å². The third-order valence-corrected chi connectivity index (χ3v) is 5.19. The van der Waals surface area contributed by atoms with E-state index in [1.165, 1.54) is 39.9 Å². The number of imidazole rings is 1. The summed E-state index contributed by atoms with van der Waals surface area (Å²) in [6, 6.07) is 6.76. The topological polar surface area (TPSA) is 36.9 Å². The Morgan fingerprint density at radius 1 is 1.30 bits per heavy atom. The van der Waals surface area contributed by atoms with Crippen molar-refractivity contribution in [1.82, 2.24) is 19.4 Å². The first-order chi connectivity index (χ1) is 11.3. The molecule has 5 rings (SSSR count). The van der Waals surface area contributed by atoms with E-state index in [-0.39, 0.29) is 0 Å². The van der Waals surface area contributed by atoms with Crippen LogP contribution in [0.15, 0.2) is 24.5 Å². The summed E-state index contributed by atoms with van der Waals surface area (Å²) in [5.74, 6) is 0. The number of para-hydroxylation sites is 1. The molecule has 23 heavy (non-hydrogen) atoms. The van der Waals surface area contributed by atoms with Crippen molar-refractivity contribution < 1.29 is 0 Å². The Morgan fingerprint density at radius 3 is 3.13 bits per heavy atom. The van der Waals surface area contributed by atoms with E-state index in [4.69, 9.17) is 0 Å². The van der Waals surface area contributed by atoms with Gasteiger partial charge in [-0.1, -0.05) is 18.2 Å². The van der Waals surface area contributed by atoms with E-state index in [0.717, 1.165) is 31.0 Å². The lowest BCUT2D eigenvalue weighted by molar-refractivity contribution is 0.446. The Kier molecular flexibility index (Phi) is 2.68. The summed E-state index contributed by atoms with van der Waals surface area (Å²) in [6.45, 7) is 5.04. The van der Waals surface area contributed by atoms with Crippen LogP contribution in [0.4, 0.5) is 0 Å². The van der Waals surface area contributed by atoms with Crippen LogP contribution in [-0.2, 0) is 19.5 Å². The van der Waals surface area contributed by atoms with Crippen molar-refractivity contribution in [3.8, 4) is 0 Å². The zero-order valence-electron chi connectivity index (χ0n) is 13.3. The minimum absolute atomic E-state index is 0.859. The number of rotatable bonds is 2. The van der Waals surface area contributed by atoms with Crippen LogP contribution in [0.2, 0.25) is 0 Å². The third kappa shape index (κ3) is 1.87. The highest BCUT2D eigenvalue weighted by molar-refractivity contribution is 5.85. The van der Waals surface area contributed by atoms with E-state index in [9.17, 15) is 0 Å². The average Bonchev–Trinajstić information content (AvgIpc) is 3.12. The van der Waals surface area contributed by atoms with Crippen LogP contribution >= 0.6 is 0 Å². The number of nitrogens with one attached hydrogen (secondary N) is 1. The average molecular weight is 304 g/mol. The molecule has 2 aromatic heterocycles. The maximum absolute atomic E-state index is 4.44. The predicted octanol–water partition coefficient (Wildman–Crippen LogP) is 1.65. The Morgan fingerprint density at radius 2 is 2.26 bits per heavy atom. The van der Waals surface area contributed by atoms with Crippen LogP contribution in [0.1, 0.15) is 23.4 Å². The number of fused-ring (bicyclic) bond motifs is 3. The summed E-state index contributed by atoms with van der Waals surface area (Å²) < 4.78 is 2.52. The maximum Gasteiger partial charge on any atom is 0.0925 e. The van der Waals surface area contributed by atoms with Gasteiger partial charge >= 0.3 is 0 Å². The number of hydrogen-bond acceptors (Lipinski definition) is 2. The Hall–Kier alpha value is -2.49. The molecule has 4 heterocycles. The molecule has 0 spiro atoms. The molecule has 4 heteroatoms. The summed E-state index contributed by atoms with van der Waals surface area (Å²) in [4.78, 5) is 9.97. The quantitative estimate of drug-likeness (QED) is 0.782. The number of aromatic nitrogens is 3. The molecule has 1 aromatic carbocycles. The number of nitrogens with zero attached hydrogens (tertiary/aromatic N) is 3. The first-order valence-electron chi connectivity index (χ1n) is 8.36. The predicted molar refractivity (Wildman–Crippen MR) is 92.2 cm³/mol. The van der Waals surface area contributed by atoms with E-state index >= 15 is 0 Å². The molecule has 0 fully saturated rings. The first-order valence-corrected chi connectivity index (χ1v) is 8.36. The third-order valence-electron chi connectivity index (χ3n) is 5.19. The fourth-order valence-corrected chi connectivity index (χ4v) is 4.04. The fourth-order valence-electron chi connectivity index (χ4n) is 4.04. The SMILES string of the molecule is Cc1[nH]cnc1CN1C=c2c(n3c4c(cccc24)CCC3)=CC1. The molecule has 0 radical (unpaired) electrons. The van der Waals surface area contributed by atoms with Gasteiger partial charge in [0, 0.05) is 40.9 Å². The summed E-state index contributed by atoms with van der Waals surface area (Å²) in [6.07, 6.45) is 8.95. The minimum Gasteiger partial charge on any atom is -0.367 e. The summed E-state index contributed by atoms with van der Waals surface area (Å²) in [7, 11) is 0. The molecule has 0 saturated carbocycles. The maximum atomic E-state index is 4.44. The smallest absolute Gasteiger partial charge is 0.0925 e. The van der Waals surface area contributed by atoms with Crippen molar-refractivity contribution in [3.63, 3.8) is 0 Å². The Balaban J connectivity index is 1.68. The van der Waals surface area contributed by atoms with Crippen LogP contribution in [0.3, 0.4) is 0 Å². The molecule has 2 aliphatic heterocycles. The number of benzene rings is 1. The molecular weight excluding hydrogens is 284 g/mol. The normalized spacial score (nSPS) is 16.1. The fraction of sp³-hybridized carbons (Fsp3) is 0.316. The summed E-state index contributed by atoms with van der Waals surface area (Å²) in [5.41, 5.74) is 5.24. The van der Waals surface area contributed by atoms with Crippen molar-refractivity contribution >= 4 is 23.2 Å². The first kappa shape index (κ1) is 13.0. The molecule has 0 amide bonds. The lowest BCUT2D eigenvalue weighted by Gasteiger charge is -2.20. The van der Waals surface area contributed by atoms with Gasteiger partial charge < -0.3 is 14.5 Å². The van der Waals surface area contributed by atoms with E-state index < -0.39 is 0 Å². The molecule has 4 nitrogen and oxygen atoms in total. The lowest BCUT2D eigenvalue weighted by atomic mass is 10.0. The molecule has 0 atom stereocenters. The summed E-state index contributed by atoms with van der Waals surface area (Å²) in [5, 5.41) is 4.18. The van der Waals surface area contributed by atoms with Gasteiger partial charge in [0.1, 0.15) is 0 Å². The van der Waals surface area contributed by atoms with Gasteiger partial charge in [-0.25, -0.2) is 4.98 Å². The highest BCUT2D eigenvalue weighted by Crippen LogP contribution is 2.22. The molecular formula is C19H20N4. The van der Waals surface area contributed by atoms with E-state index in [1.807, 2.05) is 0 Å². The molecule has 3 aromatic rings. The van der Waals surface area contributed by atoms with E-state index in [1.54, 1.807) is 6.33 Å². The molecule has 0 aliphatic carbocycles. The second kappa shape index (κ2) is 4.75. The van der Waals surface area contributed by atoms with Gasteiger partial charge in [-0.05, 0) is 31.4 Å². The van der Waals surface area contributed by atoms with E-state index in [2.05, 4.69) is 56.8 Å². The Bertz CT molecular complexity index is 1020. The van der Waals surface area contributed by atoms with Crippen molar-refractivity contribution in [2.75, 3.05) is 6.54 Å². The monoisotopic (exact) mass is 304 g/mol. The second-order valence-electron chi connectivity index (χ2n) is 6.60. The zero-order valence-corrected chi connectivity index (χ0v) is 13.3. The van der Waals surface area contributed by atoms with Crippen LogP contribution < -0.4 is 10.6 Å². The van der Waals surface area contributed by atoms with E-state index in [0.29, 0.717) is 0 Å². The van der Waals surface area contributed by atoms with Crippen LogP contribution in [0.25, 0.3) is 23.2 Å². The van der Waals surface area contributed by atoms with Gasteiger partial charge in [0.2, 0.25) is 0 Å². The van der Waals surface area contributed by atoms with Gasteiger partial charge in [-0.15, -0.1) is 0 Å². The van der Waals surface area contributed by atoms with Crippen molar-refractivity contribution in [3.05, 3.63) is 52.0 Å². The van der Waals surface area contributed by atoms with Gasteiger partial charge in [0.05, 0.1) is 24.1 Å². The van der Waals surface area contributed by atoms with Gasteiger partial charge in [-0.3, -0.25) is 0 Å². The molecule has 2 aliphatic rings. The zero-order chi connectivity index (χ0) is 15.4. The number of aromatic amines is 1. The number of hydrogen-bond donors (Lipinski definition) is 1. The highest BCUT2D eigenvalue weighted by Gasteiger charge is 2.18.